The first-order chi connectivity index (χ1) is 20.8. The summed E-state index contributed by atoms with van der Waals surface area (Å²) in [5.41, 5.74) is 11.7. The maximum atomic E-state index is 6.14. The van der Waals surface area contributed by atoms with Gasteiger partial charge in [0, 0.05) is 25.9 Å². The van der Waals surface area contributed by atoms with Gasteiger partial charge in [-0.3, -0.25) is 0 Å². The van der Waals surface area contributed by atoms with Crippen LogP contribution in [-0.4, -0.2) is 0 Å². The molecule has 0 unspecified atom stereocenters. The lowest BCUT2D eigenvalue weighted by Gasteiger charge is -2.22. The van der Waals surface area contributed by atoms with Gasteiger partial charge in [0.15, 0.2) is 0 Å². The van der Waals surface area contributed by atoms with Crippen molar-refractivity contribution in [3.8, 4) is 44.5 Å². The van der Waals surface area contributed by atoms with Crippen molar-refractivity contribution in [3.05, 3.63) is 146 Å². The monoisotopic (exact) mass is 552 g/mol. The molecule has 196 valence electrons. The molecule has 9 rings (SSSR count). The molecule has 0 spiro atoms. The molecule has 2 heterocycles. The normalized spacial score (nSPS) is 12.2. The molecule has 0 aliphatic carbocycles. The highest BCUT2D eigenvalue weighted by Crippen LogP contribution is 2.50. The maximum Gasteiger partial charge on any atom is 0.135 e. The molecule has 1 aliphatic heterocycles. The summed E-state index contributed by atoms with van der Waals surface area (Å²) in [6.07, 6.45) is 0. The summed E-state index contributed by atoms with van der Waals surface area (Å²) in [5.74, 6) is 0. The smallest absolute Gasteiger partial charge is 0.135 e. The molecular weight excluding hydrogens is 529 g/mol. The van der Waals surface area contributed by atoms with Crippen molar-refractivity contribution in [1.29, 1.82) is 0 Å². The minimum atomic E-state index is 0.917. The Hall–Kier alpha value is -5.05. The quantitative estimate of drug-likeness (QED) is 0.216. The summed E-state index contributed by atoms with van der Waals surface area (Å²) in [5, 5.41) is 4.93. The lowest BCUT2D eigenvalue weighted by molar-refractivity contribution is 0.669. The van der Waals surface area contributed by atoms with Crippen molar-refractivity contribution >= 4 is 44.5 Å². The van der Waals surface area contributed by atoms with Gasteiger partial charge < -0.3 is 4.42 Å². The van der Waals surface area contributed by atoms with Crippen molar-refractivity contribution in [2.24, 2.45) is 0 Å². The minimum Gasteiger partial charge on any atom is -0.456 e. The molecule has 8 aromatic rings. The van der Waals surface area contributed by atoms with E-state index in [-0.39, 0.29) is 0 Å². The van der Waals surface area contributed by atoms with Gasteiger partial charge in [0.2, 0.25) is 0 Å². The largest absolute Gasteiger partial charge is 0.456 e. The highest BCUT2D eigenvalue weighted by Gasteiger charge is 2.21. The van der Waals surface area contributed by atoms with Crippen LogP contribution in [0.3, 0.4) is 0 Å². The van der Waals surface area contributed by atoms with Gasteiger partial charge in [0.25, 0.3) is 0 Å². The van der Waals surface area contributed by atoms with Crippen LogP contribution in [0.15, 0.2) is 160 Å². The molecule has 0 fully saturated rings. The molecule has 0 bridgehead atoms. The van der Waals surface area contributed by atoms with E-state index in [0.29, 0.717) is 0 Å². The van der Waals surface area contributed by atoms with Crippen molar-refractivity contribution in [2.45, 2.75) is 9.79 Å². The SMILES string of the molecule is c1ccc(-c2cc(-c3ccc4oc5ccccc5c4c3)cc(-c3ccc4c5c(cccc35)-c3ccccc3S4)c2)cc1. The average molecular weight is 553 g/mol. The van der Waals surface area contributed by atoms with Crippen LogP contribution in [0.4, 0.5) is 0 Å². The van der Waals surface area contributed by atoms with Crippen LogP contribution in [0.25, 0.3) is 77.2 Å². The second-order valence-electron chi connectivity index (χ2n) is 10.9. The number of hydrogen-bond acceptors (Lipinski definition) is 2. The van der Waals surface area contributed by atoms with Gasteiger partial charge in [0.05, 0.1) is 0 Å². The Morgan fingerprint density at radius 2 is 1.07 bits per heavy atom. The molecular formula is C40H24OS. The maximum absolute atomic E-state index is 6.14. The standard InChI is InChI=1S/C40H24OS/c1-2-9-25(10-3-1)27-21-28(26-17-19-37-35(24-26)31-11-4-6-15-36(31)41-37)23-29(22-27)30-18-20-39-40-33(30)13-8-14-34(40)32-12-5-7-16-38(32)42-39/h1-24H. The number of hydrogen-bond donors (Lipinski definition) is 0. The van der Waals surface area contributed by atoms with Crippen molar-refractivity contribution in [3.63, 3.8) is 0 Å². The fourth-order valence-electron chi connectivity index (χ4n) is 6.48. The summed E-state index contributed by atoms with van der Waals surface area (Å²) >= 11 is 1.87. The Bertz CT molecular complexity index is 2330. The zero-order valence-electron chi connectivity index (χ0n) is 22.7. The Morgan fingerprint density at radius 3 is 2.00 bits per heavy atom. The average Bonchev–Trinajstić information content (AvgIpc) is 3.43. The van der Waals surface area contributed by atoms with Crippen LogP contribution < -0.4 is 0 Å². The van der Waals surface area contributed by atoms with E-state index in [1.54, 1.807) is 0 Å². The van der Waals surface area contributed by atoms with Crippen molar-refractivity contribution in [2.75, 3.05) is 0 Å². The summed E-state index contributed by atoms with van der Waals surface area (Å²) in [7, 11) is 0. The first-order valence-corrected chi connectivity index (χ1v) is 15.1. The second-order valence-corrected chi connectivity index (χ2v) is 12.0. The molecule has 0 atom stereocenters. The first-order valence-electron chi connectivity index (χ1n) is 14.3. The third-order valence-corrected chi connectivity index (χ3v) is 9.60. The predicted octanol–water partition coefficient (Wildman–Crippen LogP) is 11.9. The molecule has 1 aliphatic rings. The molecule has 7 aromatic carbocycles. The molecule has 0 saturated carbocycles. The van der Waals surface area contributed by atoms with E-state index in [4.69, 9.17) is 4.42 Å². The van der Waals surface area contributed by atoms with Gasteiger partial charge in [-0.2, -0.15) is 0 Å². The van der Waals surface area contributed by atoms with Crippen molar-refractivity contribution in [1.82, 2.24) is 0 Å². The van der Waals surface area contributed by atoms with Crippen LogP contribution >= 0.6 is 11.8 Å². The number of rotatable bonds is 3. The zero-order chi connectivity index (χ0) is 27.6. The molecule has 2 heteroatoms. The van der Waals surface area contributed by atoms with E-state index in [2.05, 4.69) is 133 Å². The Labute approximate surface area is 248 Å². The summed E-state index contributed by atoms with van der Waals surface area (Å²) < 4.78 is 6.14. The lowest BCUT2D eigenvalue weighted by atomic mass is 9.89. The van der Waals surface area contributed by atoms with Crippen LogP contribution in [0.2, 0.25) is 0 Å². The van der Waals surface area contributed by atoms with Gasteiger partial charge in [-0.15, -0.1) is 0 Å². The van der Waals surface area contributed by atoms with Crippen LogP contribution in [0.1, 0.15) is 0 Å². The first kappa shape index (κ1) is 23.6. The zero-order valence-corrected chi connectivity index (χ0v) is 23.5. The molecule has 0 amide bonds. The van der Waals surface area contributed by atoms with Gasteiger partial charge >= 0.3 is 0 Å². The van der Waals surface area contributed by atoms with E-state index in [9.17, 15) is 0 Å². The number of fused-ring (bicyclic) bond motifs is 5. The Morgan fingerprint density at radius 1 is 0.357 bits per heavy atom. The van der Waals surface area contributed by atoms with Crippen molar-refractivity contribution < 1.29 is 4.42 Å². The summed E-state index contributed by atoms with van der Waals surface area (Å²) in [6.45, 7) is 0. The van der Waals surface area contributed by atoms with Gasteiger partial charge in [-0.05, 0) is 98.4 Å². The van der Waals surface area contributed by atoms with Gasteiger partial charge in [-0.25, -0.2) is 0 Å². The van der Waals surface area contributed by atoms with E-state index in [1.165, 1.54) is 65.1 Å². The minimum absolute atomic E-state index is 0.917. The molecule has 0 N–H and O–H groups in total. The summed E-state index contributed by atoms with van der Waals surface area (Å²) in [6, 6.07) is 52.7. The second kappa shape index (κ2) is 9.24. The van der Waals surface area contributed by atoms with Gasteiger partial charge in [-0.1, -0.05) is 109 Å². The van der Waals surface area contributed by atoms with Crippen LogP contribution in [0.5, 0.6) is 0 Å². The Kier molecular flexibility index (Phi) is 5.20. The molecule has 1 nitrogen and oxygen atoms in total. The molecule has 42 heavy (non-hydrogen) atoms. The molecule has 0 radical (unpaired) electrons. The van der Waals surface area contributed by atoms with E-state index in [0.717, 1.165) is 21.9 Å². The van der Waals surface area contributed by atoms with E-state index < -0.39 is 0 Å². The van der Waals surface area contributed by atoms with E-state index in [1.807, 2.05) is 23.9 Å². The third-order valence-electron chi connectivity index (χ3n) is 8.46. The number of para-hydroxylation sites is 1. The predicted molar refractivity (Wildman–Crippen MR) is 177 cm³/mol. The fraction of sp³-hybridized carbons (Fsp3) is 0. The number of benzene rings is 7. The lowest BCUT2D eigenvalue weighted by Crippen LogP contribution is -1.94. The third kappa shape index (κ3) is 3.66. The van der Waals surface area contributed by atoms with Crippen LogP contribution in [-0.2, 0) is 0 Å². The topological polar surface area (TPSA) is 13.1 Å². The van der Waals surface area contributed by atoms with Crippen LogP contribution in [0, 0.1) is 0 Å². The molecule has 0 saturated heterocycles. The fourth-order valence-corrected chi connectivity index (χ4v) is 7.61. The number of furan rings is 1. The summed E-state index contributed by atoms with van der Waals surface area (Å²) in [4.78, 5) is 2.64. The van der Waals surface area contributed by atoms with Gasteiger partial charge in [0.1, 0.15) is 11.2 Å². The molecule has 1 aromatic heterocycles. The highest BCUT2D eigenvalue weighted by atomic mass is 32.2. The van der Waals surface area contributed by atoms with E-state index >= 15 is 0 Å². The highest BCUT2D eigenvalue weighted by molar-refractivity contribution is 7.99. The Balaban J connectivity index is 1.29.